The molecule has 20 heavy (non-hydrogen) atoms. The Labute approximate surface area is 122 Å². The predicted octanol–water partition coefficient (Wildman–Crippen LogP) is 2.13. The summed E-state index contributed by atoms with van der Waals surface area (Å²) in [6, 6.07) is 4.02. The van der Waals surface area contributed by atoms with Gasteiger partial charge in [0, 0.05) is 0 Å². The number of hydrogen-bond acceptors (Lipinski definition) is 3. The molecule has 1 aromatic rings. The topological polar surface area (TPSA) is 38.7 Å². The first-order chi connectivity index (χ1) is 9.22. The second-order valence-corrected chi connectivity index (χ2v) is 6.51. The van der Waals surface area contributed by atoms with Gasteiger partial charge in [-0.25, -0.2) is 0 Å². The van der Waals surface area contributed by atoms with Crippen molar-refractivity contribution in [3.63, 3.8) is 0 Å². The van der Waals surface area contributed by atoms with Crippen LogP contribution in [0.4, 0.5) is 0 Å². The lowest BCUT2D eigenvalue weighted by Gasteiger charge is -2.37. The van der Waals surface area contributed by atoms with Crippen molar-refractivity contribution in [1.29, 1.82) is 0 Å². The van der Waals surface area contributed by atoms with Crippen molar-refractivity contribution < 1.29 is 14.5 Å². The maximum absolute atomic E-state index is 10.1. The van der Waals surface area contributed by atoms with Crippen LogP contribution in [0.5, 0.6) is 5.75 Å². The number of benzene rings is 1. The third kappa shape index (κ3) is 3.02. The van der Waals surface area contributed by atoms with E-state index < -0.39 is 11.2 Å². The van der Waals surface area contributed by atoms with E-state index in [1.165, 1.54) is 11.1 Å². The summed E-state index contributed by atoms with van der Waals surface area (Å²) in [6.45, 7) is 10.2. The van der Waals surface area contributed by atoms with E-state index in [1.807, 2.05) is 26.0 Å². The molecule has 1 radical (unpaired) electrons. The van der Waals surface area contributed by atoms with Gasteiger partial charge < -0.3 is 14.5 Å². The molecular formula is C16H24BO3. The van der Waals surface area contributed by atoms with Crippen molar-refractivity contribution in [3.8, 4) is 5.75 Å². The van der Waals surface area contributed by atoms with Crippen LogP contribution >= 0.6 is 0 Å². The Balaban J connectivity index is 2.15. The molecule has 1 aliphatic heterocycles. The summed E-state index contributed by atoms with van der Waals surface area (Å²) in [7, 11) is 1.75. The van der Waals surface area contributed by atoms with Crippen LogP contribution in [0.15, 0.2) is 12.1 Å². The van der Waals surface area contributed by atoms with Gasteiger partial charge in [0.15, 0.2) is 0 Å². The van der Waals surface area contributed by atoms with E-state index in [0.717, 1.165) is 30.7 Å². The fourth-order valence-corrected chi connectivity index (χ4v) is 2.11. The van der Waals surface area contributed by atoms with Crippen LogP contribution in [-0.4, -0.2) is 30.4 Å². The zero-order chi connectivity index (χ0) is 15.0. The summed E-state index contributed by atoms with van der Waals surface area (Å²) in [5.74, 6) is 0.993. The van der Waals surface area contributed by atoms with E-state index in [4.69, 9.17) is 9.39 Å². The first-order valence-electron chi connectivity index (χ1n) is 7.21. The maximum Gasteiger partial charge on any atom is 0.331 e. The molecule has 0 fully saturated rings. The third-order valence-corrected chi connectivity index (χ3v) is 4.38. The van der Waals surface area contributed by atoms with Crippen molar-refractivity contribution in [1.82, 2.24) is 0 Å². The van der Waals surface area contributed by atoms with Crippen molar-refractivity contribution in [2.45, 2.75) is 58.7 Å². The van der Waals surface area contributed by atoms with Gasteiger partial charge in [0.25, 0.3) is 0 Å². The Bertz CT molecular complexity index is 489. The van der Waals surface area contributed by atoms with Crippen LogP contribution in [0.2, 0.25) is 0 Å². The molecular weight excluding hydrogens is 251 g/mol. The Morgan fingerprint density at radius 2 is 1.95 bits per heavy atom. The summed E-state index contributed by atoms with van der Waals surface area (Å²) in [5, 5.41) is 10.1. The van der Waals surface area contributed by atoms with Crippen LogP contribution in [0.25, 0.3) is 0 Å². The minimum Gasteiger partial charge on any atom is -0.493 e. The molecule has 3 nitrogen and oxygen atoms in total. The van der Waals surface area contributed by atoms with Crippen LogP contribution in [0, 0.1) is 6.92 Å². The molecule has 0 saturated heterocycles. The fraction of sp³-hybridized carbons (Fsp3) is 0.625. The number of ether oxygens (including phenoxy) is 1. The van der Waals surface area contributed by atoms with Gasteiger partial charge >= 0.3 is 7.48 Å². The molecule has 0 aliphatic carbocycles. The van der Waals surface area contributed by atoms with E-state index in [-0.39, 0.29) is 0 Å². The number of rotatable bonds is 4. The lowest BCUT2D eigenvalue weighted by atomic mass is 9.78. The molecule has 0 aromatic heterocycles. The molecule has 0 amide bonds. The molecule has 1 N–H and O–H groups in total. The highest BCUT2D eigenvalue weighted by Crippen LogP contribution is 2.27. The van der Waals surface area contributed by atoms with Gasteiger partial charge in [0.2, 0.25) is 0 Å². The largest absolute Gasteiger partial charge is 0.493 e. The highest BCUT2D eigenvalue weighted by Gasteiger charge is 2.35. The van der Waals surface area contributed by atoms with Gasteiger partial charge in [0.05, 0.1) is 17.8 Å². The van der Waals surface area contributed by atoms with Crippen molar-refractivity contribution in [2.24, 2.45) is 0 Å². The van der Waals surface area contributed by atoms with Crippen LogP contribution in [0.3, 0.4) is 0 Å². The standard InChI is InChI=1S/C16H24BO3/c1-11-12-7-6-10-19-14(12)9-8-13(11)17-20-16(4,5)15(2,3)18/h8-9,18H,6-7,10H2,1-5H3. The van der Waals surface area contributed by atoms with Gasteiger partial charge in [-0.3, -0.25) is 0 Å². The van der Waals surface area contributed by atoms with E-state index in [0.29, 0.717) is 0 Å². The van der Waals surface area contributed by atoms with Gasteiger partial charge in [0.1, 0.15) is 5.75 Å². The molecule has 109 valence electrons. The van der Waals surface area contributed by atoms with E-state index in [1.54, 1.807) is 21.3 Å². The molecule has 0 saturated carbocycles. The molecule has 2 rings (SSSR count). The average molecular weight is 275 g/mol. The fourth-order valence-electron chi connectivity index (χ4n) is 2.11. The first kappa shape index (κ1) is 15.4. The lowest BCUT2D eigenvalue weighted by molar-refractivity contribution is -0.0893. The highest BCUT2D eigenvalue weighted by atomic mass is 16.5. The van der Waals surface area contributed by atoms with Crippen molar-refractivity contribution >= 4 is 12.9 Å². The van der Waals surface area contributed by atoms with Gasteiger partial charge in [-0.15, -0.1) is 0 Å². The SMILES string of the molecule is Cc1c([B]OC(C)(C)C(C)(C)O)ccc2c1CCCO2. The van der Waals surface area contributed by atoms with Crippen LogP contribution < -0.4 is 10.2 Å². The van der Waals surface area contributed by atoms with E-state index in [2.05, 4.69) is 6.92 Å². The van der Waals surface area contributed by atoms with Crippen LogP contribution in [-0.2, 0) is 11.1 Å². The molecule has 1 aromatic carbocycles. The quantitative estimate of drug-likeness (QED) is 0.855. The summed E-state index contributed by atoms with van der Waals surface area (Å²) < 4.78 is 11.5. The van der Waals surface area contributed by atoms with Gasteiger partial charge in [-0.2, -0.15) is 0 Å². The summed E-state index contributed by atoms with van der Waals surface area (Å²) in [4.78, 5) is 0. The summed E-state index contributed by atoms with van der Waals surface area (Å²) in [6.07, 6.45) is 2.12. The normalized spacial score (nSPS) is 15.5. The number of hydrogen-bond donors (Lipinski definition) is 1. The van der Waals surface area contributed by atoms with E-state index >= 15 is 0 Å². The zero-order valence-electron chi connectivity index (χ0n) is 13.1. The minimum atomic E-state index is -0.908. The molecule has 1 heterocycles. The number of aliphatic hydroxyl groups is 1. The maximum atomic E-state index is 10.1. The molecule has 1 aliphatic rings. The zero-order valence-corrected chi connectivity index (χ0v) is 13.1. The molecule has 0 spiro atoms. The average Bonchev–Trinajstić information content (AvgIpc) is 2.37. The number of fused-ring (bicyclic) bond motifs is 1. The predicted molar refractivity (Wildman–Crippen MR) is 81.8 cm³/mol. The van der Waals surface area contributed by atoms with Gasteiger partial charge in [-0.1, -0.05) is 11.5 Å². The summed E-state index contributed by atoms with van der Waals surface area (Å²) >= 11 is 0. The molecule has 0 atom stereocenters. The lowest BCUT2D eigenvalue weighted by Crippen LogP contribution is -2.49. The Morgan fingerprint density at radius 3 is 2.60 bits per heavy atom. The smallest absolute Gasteiger partial charge is 0.331 e. The monoisotopic (exact) mass is 275 g/mol. The van der Waals surface area contributed by atoms with Crippen LogP contribution in [0.1, 0.15) is 45.2 Å². The molecule has 0 unspecified atom stereocenters. The molecule has 4 heteroatoms. The van der Waals surface area contributed by atoms with Gasteiger partial charge in [-0.05, 0) is 64.7 Å². The summed E-state index contributed by atoms with van der Waals surface area (Å²) in [5.41, 5.74) is 1.97. The minimum absolute atomic E-state index is 0.647. The Morgan fingerprint density at radius 1 is 1.25 bits per heavy atom. The van der Waals surface area contributed by atoms with Crippen molar-refractivity contribution in [2.75, 3.05) is 6.61 Å². The Hall–Kier alpha value is -0.995. The van der Waals surface area contributed by atoms with Crippen molar-refractivity contribution in [3.05, 3.63) is 23.3 Å². The first-order valence-corrected chi connectivity index (χ1v) is 7.21. The highest BCUT2D eigenvalue weighted by molar-refractivity contribution is 6.47. The Kier molecular flexibility index (Phi) is 4.17. The molecule has 0 bridgehead atoms. The second-order valence-electron chi connectivity index (χ2n) is 6.51. The third-order valence-electron chi connectivity index (χ3n) is 4.38. The second kappa shape index (κ2) is 5.42. The van der Waals surface area contributed by atoms with E-state index in [9.17, 15) is 5.11 Å².